The maximum atomic E-state index is 12.3. The quantitative estimate of drug-likeness (QED) is 0.473. The first kappa shape index (κ1) is 20.3. The SMILES string of the molecule is C=CC[C@H](OC(C)=O)[C@@]12[C@@H]3CCN1[C@H]1C[C@H]2O[C@@]32O/C(=C3\OC(=O)C(C)=C3OC)[C@@H](C)[C@H]12. The lowest BCUT2D eigenvalue weighted by Crippen LogP contribution is -2.65. The average Bonchev–Trinajstić information content (AvgIpc) is 3.46. The number of cyclic esters (lactones) is 1. The third-order valence-corrected chi connectivity index (χ3v) is 8.68. The van der Waals surface area contributed by atoms with E-state index in [0.717, 1.165) is 19.4 Å². The Morgan fingerprint density at radius 1 is 1.44 bits per heavy atom. The second-order valence-corrected chi connectivity index (χ2v) is 9.83. The molecule has 32 heavy (non-hydrogen) atoms. The van der Waals surface area contributed by atoms with Gasteiger partial charge in [-0.15, -0.1) is 6.58 Å². The maximum absolute atomic E-state index is 12.3. The Morgan fingerprint density at radius 3 is 2.91 bits per heavy atom. The Balaban J connectivity index is 1.47. The van der Waals surface area contributed by atoms with Crippen molar-refractivity contribution in [3.05, 3.63) is 35.5 Å². The average molecular weight is 443 g/mol. The molecule has 5 fully saturated rings. The van der Waals surface area contributed by atoms with Gasteiger partial charge in [0.1, 0.15) is 11.9 Å². The van der Waals surface area contributed by atoms with Crippen LogP contribution in [0.4, 0.5) is 0 Å². The molecule has 6 heterocycles. The van der Waals surface area contributed by atoms with Crippen molar-refractivity contribution in [2.75, 3.05) is 13.7 Å². The van der Waals surface area contributed by atoms with Gasteiger partial charge in [0.05, 0.1) is 36.2 Å². The molecule has 6 rings (SSSR count). The molecule has 1 unspecified atom stereocenters. The molecule has 8 heteroatoms. The van der Waals surface area contributed by atoms with Crippen molar-refractivity contribution in [3.8, 4) is 0 Å². The van der Waals surface area contributed by atoms with E-state index in [0.29, 0.717) is 29.3 Å². The standard InChI is InChI=1S/C24H29NO7/c1-6-7-16(29-13(4)26)23-15-8-9-25(23)14-10-17(23)31-24(15)18(14)11(2)20(32-24)21-19(28-5)12(3)22(27)30-21/h6,11,14-18H,1,7-10H2,2-5H3/b21-20-/t11-,14-,15-,16-,17+,18+,23+,24+/m0/s1. The lowest BCUT2D eigenvalue weighted by Gasteiger charge is -2.50. The molecule has 172 valence electrons. The topological polar surface area (TPSA) is 83.5 Å². The van der Waals surface area contributed by atoms with Crippen LogP contribution in [0.2, 0.25) is 0 Å². The van der Waals surface area contributed by atoms with Gasteiger partial charge in [0.15, 0.2) is 5.76 Å². The molecule has 5 bridgehead atoms. The van der Waals surface area contributed by atoms with Crippen LogP contribution in [0.1, 0.15) is 40.0 Å². The van der Waals surface area contributed by atoms with Gasteiger partial charge in [-0.25, -0.2) is 4.79 Å². The Kier molecular flexibility index (Phi) is 4.05. The molecule has 5 saturated heterocycles. The van der Waals surface area contributed by atoms with Gasteiger partial charge < -0.3 is 23.7 Å². The fourth-order valence-corrected chi connectivity index (χ4v) is 7.89. The van der Waals surface area contributed by atoms with Crippen molar-refractivity contribution in [3.63, 3.8) is 0 Å². The van der Waals surface area contributed by atoms with E-state index in [4.69, 9.17) is 23.7 Å². The summed E-state index contributed by atoms with van der Waals surface area (Å²) < 4.78 is 30.5. The first-order chi connectivity index (χ1) is 15.3. The molecular formula is C24H29NO7. The predicted octanol–water partition coefficient (Wildman–Crippen LogP) is 2.41. The summed E-state index contributed by atoms with van der Waals surface area (Å²) in [4.78, 5) is 26.8. The normalized spacial score (nSPS) is 48.1. The summed E-state index contributed by atoms with van der Waals surface area (Å²) in [5.74, 6) is 0.0417. The van der Waals surface area contributed by atoms with E-state index in [1.54, 1.807) is 6.92 Å². The number of hydrogen-bond donors (Lipinski definition) is 0. The highest BCUT2D eigenvalue weighted by atomic mass is 16.7. The van der Waals surface area contributed by atoms with Crippen LogP contribution in [0.25, 0.3) is 0 Å². The number of carbonyl (C=O) groups excluding carboxylic acids is 2. The number of esters is 2. The zero-order valence-corrected chi connectivity index (χ0v) is 18.9. The number of nitrogens with zero attached hydrogens (tertiary/aromatic N) is 1. The molecule has 6 aliphatic rings. The molecule has 8 nitrogen and oxygen atoms in total. The zero-order valence-electron chi connectivity index (χ0n) is 18.9. The van der Waals surface area contributed by atoms with Crippen molar-refractivity contribution in [1.29, 1.82) is 0 Å². The molecule has 1 spiro atoms. The van der Waals surface area contributed by atoms with Crippen molar-refractivity contribution in [1.82, 2.24) is 4.90 Å². The van der Waals surface area contributed by atoms with E-state index in [1.165, 1.54) is 14.0 Å². The van der Waals surface area contributed by atoms with E-state index in [-0.39, 0.29) is 42.0 Å². The van der Waals surface area contributed by atoms with E-state index in [9.17, 15) is 9.59 Å². The monoisotopic (exact) mass is 443 g/mol. The van der Waals surface area contributed by atoms with Crippen LogP contribution in [-0.4, -0.2) is 60.1 Å². The van der Waals surface area contributed by atoms with Crippen LogP contribution < -0.4 is 0 Å². The lowest BCUT2D eigenvalue weighted by atomic mass is 9.68. The Bertz CT molecular complexity index is 1000. The Morgan fingerprint density at radius 2 is 2.22 bits per heavy atom. The molecule has 0 aromatic heterocycles. The van der Waals surface area contributed by atoms with E-state index < -0.39 is 17.3 Å². The first-order valence-corrected chi connectivity index (χ1v) is 11.4. The van der Waals surface area contributed by atoms with Crippen LogP contribution in [0, 0.1) is 17.8 Å². The number of fused-ring (bicyclic) bond motifs is 1. The van der Waals surface area contributed by atoms with Crippen LogP contribution in [0.5, 0.6) is 0 Å². The van der Waals surface area contributed by atoms with E-state index in [2.05, 4.69) is 18.4 Å². The molecule has 0 amide bonds. The highest BCUT2D eigenvalue weighted by Crippen LogP contribution is 2.73. The summed E-state index contributed by atoms with van der Waals surface area (Å²) >= 11 is 0. The largest absolute Gasteiger partial charge is 0.492 e. The molecule has 6 aliphatic heterocycles. The highest BCUT2D eigenvalue weighted by molar-refractivity contribution is 5.93. The van der Waals surface area contributed by atoms with Gasteiger partial charge in [0, 0.05) is 25.3 Å². The molecule has 0 radical (unpaired) electrons. The Hall–Kier alpha value is -2.32. The van der Waals surface area contributed by atoms with Gasteiger partial charge in [-0.3, -0.25) is 9.69 Å². The van der Waals surface area contributed by atoms with Crippen molar-refractivity contribution >= 4 is 11.9 Å². The number of piperidine rings is 1. The fourth-order valence-electron chi connectivity index (χ4n) is 7.89. The van der Waals surface area contributed by atoms with Crippen molar-refractivity contribution in [2.24, 2.45) is 17.8 Å². The summed E-state index contributed by atoms with van der Waals surface area (Å²) in [6.07, 6.45) is 3.74. The van der Waals surface area contributed by atoms with Gasteiger partial charge in [0.2, 0.25) is 11.5 Å². The van der Waals surface area contributed by atoms with Gasteiger partial charge in [-0.2, -0.15) is 0 Å². The van der Waals surface area contributed by atoms with Crippen molar-refractivity contribution < 1.29 is 33.3 Å². The molecule has 0 N–H and O–H groups in total. The summed E-state index contributed by atoms with van der Waals surface area (Å²) in [5, 5.41) is 0. The van der Waals surface area contributed by atoms with Crippen LogP contribution >= 0.6 is 0 Å². The predicted molar refractivity (Wildman–Crippen MR) is 110 cm³/mol. The molecule has 0 aromatic carbocycles. The highest BCUT2D eigenvalue weighted by Gasteiger charge is 2.86. The van der Waals surface area contributed by atoms with Crippen LogP contribution in [-0.2, 0) is 33.3 Å². The maximum Gasteiger partial charge on any atom is 0.343 e. The van der Waals surface area contributed by atoms with Crippen molar-refractivity contribution in [2.45, 2.75) is 69.6 Å². The van der Waals surface area contributed by atoms with Gasteiger partial charge in [0.25, 0.3) is 0 Å². The first-order valence-electron chi connectivity index (χ1n) is 11.4. The number of rotatable bonds is 5. The minimum Gasteiger partial charge on any atom is -0.492 e. The lowest BCUT2D eigenvalue weighted by molar-refractivity contribution is -0.257. The number of ether oxygens (including phenoxy) is 5. The summed E-state index contributed by atoms with van der Waals surface area (Å²) in [5.41, 5.74) is 0.0265. The van der Waals surface area contributed by atoms with E-state index in [1.807, 2.05) is 6.08 Å². The molecule has 0 aromatic rings. The van der Waals surface area contributed by atoms with Gasteiger partial charge in [-0.1, -0.05) is 13.0 Å². The van der Waals surface area contributed by atoms with Crippen LogP contribution in [0.15, 0.2) is 35.5 Å². The second-order valence-electron chi connectivity index (χ2n) is 9.83. The van der Waals surface area contributed by atoms with E-state index >= 15 is 0 Å². The van der Waals surface area contributed by atoms with Gasteiger partial charge in [-0.05, 0) is 26.3 Å². The summed E-state index contributed by atoms with van der Waals surface area (Å²) in [7, 11) is 1.53. The smallest absolute Gasteiger partial charge is 0.343 e. The second kappa shape index (κ2) is 6.38. The Labute approximate surface area is 187 Å². The fraction of sp³-hybridized carbons (Fsp3) is 0.667. The summed E-state index contributed by atoms with van der Waals surface area (Å²) in [6, 6.07) is 0.247. The number of methoxy groups -OCH3 is 1. The zero-order chi connectivity index (χ0) is 22.6. The molecule has 9 atom stereocenters. The minimum atomic E-state index is -0.816. The molecular weight excluding hydrogens is 414 g/mol. The minimum absolute atomic E-state index is 0.00872. The van der Waals surface area contributed by atoms with Gasteiger partial charge >= 0.3 is 11.9 Å². The number of allylic oxidation sites excluding steroid dienone is 1. The third-order valence-electron chi connectivity index (χ3n) is 8.68. The molecule has 0 saturated carbocycles. The summed E-state index contributed by atoms with van der Waals surface area (Å²) in [6.45, 7) is 10.1. The molecule has 0 aliphatic carbocycles. The number of hydrogen-bond acceptors (Lipinski definition) is 8. The third kappa shape index (κ3) is 2.07. The van der Waals surface area contributed by atoms with Crippen LogP contribution in [0.3, 0.4) is 0 Å². The number of carbonyl (C=O) groups is 2.